The third-order valence-corrected chi connectivity index (χ3v) is 6.12. The van der Waals surface area contributed by atoms with Gasteiger partial charge in [-0.2, -0.15) is 8.78 Å². The molecule has 0 radical (unpaired) electrons. The van der Waals surface area contributed by atoms with Crippen LogP contribution in [0.2, 0.25) is 0 Å². The van der Waals surface area contributed by atoms with Gasteiger partial charge < -0.3 is 9.47 Å². The van der Waals surface area contributed by atoms with Crippen molar-refractivity contribution in [1.82, 2.24) is 0 Å². The van der Waals surface area contributed by atoms with Gasteiger partial charge in [0.2, 0.25) is 11.6 Å². The fourth-order valence-electron chi connectivity index (χ4n) is 4.14. The Morgan fingerprint density at radius 2 is 1.47 bits per heavy atom. The Hall–Kier alpha value is -1.65. The van der Waals surface area contributed by atoms with Gasteiger partial charge >= 0.3 is 5.97 Å². The summed E-state index contributed by atoms with van der Waals surface area (Å²) in [5.74, 6) is -2.73. The van der Waals surface area contributed by atoms with Gasteiger partial charge in [-0.15, -0.1) is 0 Å². The molecule has 0 aromatic heterocycles. The summed E-state index contributed by atoms with van der Waals surface area (Å²) in [6, 6.07) is 2.64. The minimum absolute atomic E-state index is 0.128. The first kappa shape index (κ1) is 24.6. The first-order valence-electron chi connectivity index (χ1n) is 11.9. The molecule has 0 heterocycles. The molecule has 170 valence electrons. The highest BCUT2D eigenvalue weighted by molar-refractivity contribution is 5.75. The summed E-state index contributed by atoms with van der Waals surface area (Å²) >= 11 is 0. The molecule has 0 saturated heterocycles. The molecule has 0 N–H and O–H groups in total. The minimum atomic E-state index is -1.15. The van der Waals surface area contributed by atoms with Crippen molar-refractivity contribution in [2.45, 2.75) is 97.3 Å². The number of ether oxygens (including phenoxy) is 2. The first-order chi connectivity index (χ1) is 14.6. The van der Waals surface area contributed by atoms with E-state index >= 15 is 0 Å². The van der Waals surface area contributed by atoms with E-state index in [0.29, 0.717) is 12.5 Å². The van der Waals surface area contributed by atoms with Gasteiger partial charge in [0.1, 0.15) is 0 Å². The lowest BCUT2D eigenvalue weighted by atomic mass is 9.80. The van der Waals surface area contributed by atoms with Crippen LogP contribution in [0.5, 0.6) is 11.5 Å². The summed E-state index contributed by atoms with van der Waals surface area (Å²) < 4.78 is 39.3. The molecule has 1 aliphatic rings. The van der Waals surface area contributed by atoms with Crippen LogP contribution in [-0.4, -0.2) is 12.6 Å². The monoisotopic (exact) mass is 424 g/mol. The van der Waals surface area contributed by atoms with Crippen molar-refractivity contribution in [2.75, 3.05) is 6.61 Å². The largest absolute Gasteiger partial charge is 0.490 e. The number of halogens is 2. The molecule has 0 amide bonds. The Bertz CT molecular complexity index is 640. The van der Waals surface area contributed by atoms with Gasteiger partial charge in [0, 0.05) is 0 Å². The van der Waals surface area contributed by atoms with Gasteiger partial charge in [0.05, 0.1) is 12.5 Å². The fourth-order valence-corrected chi connectivity index (χ4v) is 4.14. The maximum Gasteiger partial charge on any atom is 0.314 e. The van der Waals surface area contributed by atoms with E-state index in [9.17, 15) is 13.6 Å². The van der Waals surface area contributed by atoms with E-state index < -0.39 is 17.6 Å². The maximum absolute atomic E-state index is 14.4. The Kier molecular flexibility index (Phi) is 11.2. The smallest absolute Gasteiger partial charge is 0.314 e. The van der Waals surface area contributed by atoms with Crippen molar-refractivity contribution in [2.24, 2.45) is 11.8 Å². The highest BCUT2D eigenvalue weighted by atomic mass is 19.2. The van der Waals surface area contributed by atoms with Gasteiger partial charge in [-0.3, -0.25) is 4.79 Å². The Balaban J connectivity index is 1.78. The van der Waals surface area contributed by atoms with E-state index in [1.807, 2.05) is 0 Å². The fraction of sp³-hybridized carbons (Fsp3) is 0.720. The van der Waals surface area contributed by atoms with Crippen LogP contribution in [-0.2, 0) is 4.79 Å². The summed E-state index contributed by atoms with van der Waals surface area (Å²) in [7, 11) is 0. The number of hydrogen-bond donors (Lipinski definition) is 0. The molecule has 5 heteroatoms. The molecule has 0 spiro atoms. The van der Waals surface area contributed by atoms with Crippen LogP contribution in [0.25, 0.3) is 0 Å². The van der Waals surface area contributed by atoms with Gasteiger partial charge in [-0.25, -0.2) is 0 Å². The standard InChI is InChI=1S/C25H38F2O3/c1-3-5-7-8-9-10-18-29-21-16-17-22(24(27)23(21)26)30-25(28)20-14-12-19(13-15-20)11-6-4-2/h16-17,19-20H,3-15,18H2,1-2H3/t19-,20-. The molecule has 0 aliphatic heterocycles. The van der Waals surface area contributed by atoms with Crippen molar-refractivity contribution in [3.8, 4) is 11.5 Å². The number of carbonyl (C=O) groups is 1. The van der Waals surface area contributed by atoms with Gasteiger partial charge in [-0.05, 0) is 50.2 Å². The van der Waals surface area contributed by atoms with Crippen LogP contribution < -0.4 is 9.47 Å². The minimum Gasteiger partial charge on any atom is -0.490 e. The second-order valence-corrected chi connectivity index (χ2v) is 8.59. The lowest BCUT2D eigenvalue weighted by Crippen LogP contribution is -2.26. The van der Waals surface area contributed by atoms with E-state index in [-0.39, 0.29) is 17.4 Å². The van der Waals surface area contributed by atoms with Crippen LogP contribution in [0.15, 0.2) is 12.1 Å². The lowest BCUT2D eigenvalue weighted by Gasteiger charge is -2.27. The second kappa shape index (κ2) is 13.6. The van der Waals surface area contributed by atoms with Gasteiger partial charge in [0.25, 0.3) is 0 Å². The highest BCUT2D eigenvalue weighted by Gasteiger charge is 2.28. The van der Waals surface area contributed by atoms with Crippen molar-refractivity contribution >= 4 is 5.97 Å². The predicted molar refractivity (Wildman–Crippen MR) is 116 cm³/mol. The van der Waals surface area contributed by atoms with Crippen LogP contribution in [0, 0.1) is 23.5 Å². The lowest BCUT2D eigenvalue weighted by molar-refractivity contribution is -0.140. The van der Waals surface area contributed by atoms with Crippen LogP contribution in [0.1, 0.15) is 97.3 Å². The number of hydrogen-bond acceptors (Lipinski definition) is 3. The zero-order chi connectivity index (χ0) is 21.8. The van der Waals surface area contributed by atoms with Crippen molar-refractivity contribution in [1.29, 1.82) is 0 Å². The average molecular weight is 425 g/mol. The molecule has 2 rings (SSSR count). The summed E-state index contributed by atoms with van der Waals surface area (Å²) in [4.78, 5) is 12.4. The summed E-state index contributed by atoms with van der Waals surface area (Å²) in [5, 5.41) is 0. The molecule has 1 aromatic carbocycles. The van der Waals surface area contributed by atoms with Crippen LogP contribution >= 0.6 is 0 Å². The zero-order valence-corrected chi connectivity index (χ0v) is 18.7. The first-order valence-corrected chi connectivity index (χ1v) is 11.9. The molecular weight excluding hydrogens is 386 g/mol. The van der Waals surface area contributed by atoms with Crippen LogP contribution in [0.4, 0.5) is 8.78 Å². The van der Waals surface area contributed by atoms with E-state index in [0.717, 1.165) is 44.9 Å². The molecule has 1 aliphatic carbocycles. The molecule has 1 fully saturated rings. The molecular formula is C25H38F2O3. The SMILES string of the molecule is CCCCCCCCOc1ccc(OC(=O)[C@H]2CC[C@H](CCCC)CC2)c(F)c1F. The van der Waals surface area contributed by atoms with Crippen molar-refractivity contribution < 1.29 is 23.0 Å². The summed E-state index contributed by atoms with van der Waals surface area (Å²) in [6.07, 6.45) is 13.7. The second-order valence-electron chi connectivity index (χ2n) is 8.59. The summed E-state index contributed by atoms with van der Waals surface area (Å²) in [6.45, 7) is 4.70. The van der Waals surface area contributed by atoms with Gasteiger partial charge in [0.15, 0.2) is 11.5 Å². The number of benzene rings is 1. The highest BCUT2D eigenvalue weighted by Crippen LogP contribution is 2.34. The topological polar surface area (TPSA) is 35.5 Å². The van der Waals surface area contributed by atoms with Crippen molar-refractivity contribution in [3.63, 3.8) is 0 Å². The van der Waals surface area contributed by atoms with E-state index in [2.05, 4.69) is 13.8 Å². The molecule has 0 unspecified atom stereocenters. The number of carbonyl (C=O) groups excluding carboxylic acids is 1. The van der Waals surface area contributed by atoms with Crippen molar-refractivity contribution in [3.05, 3.63) is 23.8 Å². The Morgan fingerprint density at radius 3 is 2.17 bits per heavy atom. The number of rotatable bonds is 13. The molecule has 1 aromatic rings. The average Bonchev–Trinajstić information content (AvgIpc) is 2.76. The normalized spacial score (nSPS) is 18.9. The number of unbranched alkanes of at least 4 members (excludes halogenated alkanes) is 6. The summed E-state index contributed by atoms with van der Waals surface area (Å²) in [5.41, 5.74) is 0. The Morgan fingerprint density at radius 1 is 0.867 bits per heavy atom. The molecule has 0 bridgehead atoms. The molecule has 30 heavy (non-hydrogen) atoms. The Labute approximate surface area is 180 Å². The maximum atomic E-state index is 14.4. The van der Waals surface area contributed by atoms with Gasteiger partial charge in [-0.1, -0.05) is 65.2 Å². The third-order valence-electron chi connectivity index (χ3n) is 6.12. The number of esters is 1. The molecule has 3 nitrogen and oxygen atoms in total. The van der Waals surface area contributed by atoms with E-state index in [4.69, 9.17) is 9.47 Å². The third kappa shape index (κ3) is 7.88. The van der Waals surface area contributed by atoms with E-state index in [1.165, 1.54) is 50.7 Å². The quantitative estimate of drug-likeness (QED) is 0.186. The molecule has 0 atom stereocenters. The van der Waals surface area contributed by atoms with Crippen LogP contribution in [0.3, 0.4) is 0 Å². The molecule has 1 saturated carbocycles. The van der Waals surface area contributed by atoms with E-state index in [1.54, 1.807) is 0 Å². The predicted octanol–water partition coefficient (Wildman–Crippen LogP) is 7.61. The zero-order valence-electron chi connectivity index (χ0n) is 18.7.